The number of nitro benzene ring substituents is 1. The van der Waals surface area contributed by atoms with Gasteiger partial charge in [-0.3, -0.25) is 10.1 Å². The van der Waals surface area contributed by atoms with Crippen molar-refractivity contribution in [2.24, 2.45) is 0 Å². The molecule has 6 heteroatoms. The topological polar surface area (TPSA) is 68.9 Å². The monoisotopic (exact) mass is 261 g/mol. The first-order chi connectivity index (χ1) is 8.66. The Labute approximate surface area is 108 Å². The van der Waals surface area contributed by atoms with E-state index in [0.717, 1.165) is 0 Å². The average molecular weight is 262 g/mol. The Morgan fingerprint density at radius 1 is 1.28 bits per heavy atom. The summed E-state index contributed by atoms with van der Waals surface area (Å²) in [7, 11) is 0. The van der Waals surface area contributed by atoms with E-state index in [9.17, 15) is 10.1 Å². The summed E-state index contributed by atoms with van der Waals surface area (Å²) in [5.74, 6) is 0. The standard InChI is InChI=1S/C12H8ClN3O2/c13-12-4-3-11(16(17)18)7-9(12)1-2-10-5-6-14-8-15-10/h1-8H. The Kier molecular flexibility index (Phi) is 3.64. The number of rotatable bonds is 3. The first-order valence-electron chi connectivity index (χ1n) is 5.05. The molecule has 2 aromatic rings. The SMILES string of the molecule is O=[N+]([O-])c1ccc(Cl)c(C=Cc2ccncn2)c1. The van der Waals surface area contributed by atoms with Gasteiger partial charge in [0.1, 0.15) is 6.33 Å². The minimum Gasteiger partial charge on any atom is -0.258 e. The fourth-order valence-corrected chi connectivity index (χ4v) is 1.53. The maximum atomic E-state index is 10.7. The number of non-ortho nitro benzene ring substituents is 1. The zero-order chi connectivity index (χ0) is 13.0. The van der Waals surface area contributed by atoms with Crippen LogP contribution in [0.25, 0.3) is 12.2 Å². The van der Waals surface area contributed by atoms with Gasteiger partial charge in [-0.15, -0.1) is 0 Å². The first kappa shape index (κ1) is 12.2. The van der Waals surface area contributed by atoms with Gasteiger partial charge in [-0.05, 0) is 23.8 Å². The van der Waals surface area contributed by atoms with Gasteiger partial charge < -0.3 is 0 Å². The molecule has 0 N–H and O–H groups in total. The lowest BCUT2D eigenvalue weighted by Gasteiger charge is -1.98. The van der Waals surface area contributed by atoms with E-state index in [0.29, 0.717) is 16.3 Å². The van der Waals surface area contributed by atoms with Crippen molar-refractivity contribution in [3.8, 4) is 0 Å². The second kappa shape index (κ2) is 5.37. The van der Waals surface area contributed by atoms with Crippen molar-refractivity contribution in [1.82, 2.24) is 9.97 Å². The minimum absolute atomic E-state index is 0.00161. The van der Waals surface area contributed by atoms with E-state index in [4.69, 9.17) is 11.6 Å². The number of nitrogens with zero attached hydrogens (tertiary/aromatic N) is 3. The van der Waals surface area contributed by atoms with Gasteiger partial charge in [-0.2, -0.15) is 0 Å². The maximum Gasteiger partial charge on any atom is 0.270 e. The predicted octanol–water partition coefficient (Wildman–Crippen LogP) is 3.21. The number of aromatic nitrogens is 2. The third-order valence-corrected chi connectivity index (χ3v) is 2.57. The van der Waals surface area contributed by atoms with E-state index in [1.165, 1.54) is 24.5 Å². The molecule has 0 saturated carbocycles. The molecule has 0 spiro atoms. The molecule has 0 amide bonds. The van der Waals surface area contributed by atoms with Gasteiger partial charge in [0.05, 0.1) is 10.6 Å². The highest BCUT2D eigenvalue weighted by molar-refractivity contribution is 6.32. The lowest BCUT2D eigenvalue weighted by atomic mass is 10.1. The van der Waals surface area contributed by atoms with E-state index in [-0.39, 0.29) is 5.69 Å². The van der Waals surface area contributed by atoms with Gasteiger partial charge in [0.2, 0.25) is 0 Å². The van der Waals surface area contributed by atoms with Crippen LogP contribution in [0.2, 0.25) is 5.02 Å². The van der Waals surface area contributed by atoms with Crippen molar-refractivity contribution >= 4 is 29.4 Å². The Hall–Kier alpha value is -2.27. The lowest BCUT2D eigenvalue weighted by molar-refractivity contribution is -0.384. The fourth-order valence-electron chi connectivity index (χ4n) is 1.35. The van der Waals surface area contributed by atoms with E-state index in [2.05, 4.69) is 9.97 Å². The van der Waals surface area contributed by atoms with Crippen LogP contribution in [0.4, 0.5) is 5.69 Å². The normalized spacial score (nSPS) is 10.7. The molecule has 0 radical (unpaired) electrons. The number of hydrogen-bond donors (Lipinski definition) is 0. The molecule has 0 saturated heterocycles. The van der Waals surface area contributed by atoms with Crippen molar-refractivity contribution in [3.63, 3.8) is 0 Å². The third kappa shape index (κ3) is 2.89. The van der Waals surface area contributed by atoms with Gasteiger partial charge in [0.25, 0.3) is 5.69 Å². The zero-order valence-corrected chi connectivity index (χ0v) is 9.91. The first-order valence-corrected chi connectivity index (χ1v) is 5.42. The zero-order valence-electron chi connectivity index (χ0n) is 9.15. The minimum atomic E-state index is -0.460. The Morgan fingerprint density at radius 2 is 2.11 bits per heavy atom. The van der Waals surface area contributed by atoms with Gasteiger partial charge in [0, 0.05) is 23.4 Å². The molecule has 90 valence electrons. The van der Waals surface area contributed by atoms with Crippen molar-refractivity contribution in [3.05, 3.63) is 63.2 Å². The molecule has 1 aromatic carbocycles. The van der Waals surface area contributed by atoms with E-state index >= 15 is 0 Å². The highest BCUT2D eigenvalue weighted by Crippen LogP contribution is 2.23. The fraction of sp³-hybridized carbons (Fsp3) is 0. The maximum absolute atomic E-state index is 10.7. The summed E-state index contributed by atoms with van der Waals surface area (Å²) in [6.07, 6.45) is 6.43. The molecule has 0 fully saturated rings. The molecule has 0 aliphatic carbocycles. The van der Waals surface area contributed by atoms with Crippen molar-refractivity contribution in [2.75, 3.05) is 0 Å². The molecule has 18 heavy (non-hydrogen) atoms. The molecule has 1 aromatic heterocycles. The van der Waals surface area contributed by atoms with E-state index < -0.39 is 4.92 Å². The molecule has 0 atom stereocenters. The van der Waals surface area contributed by atoms with Crippen LogP contribution in [0, 0.1) is 10.1 Å². The second-order valence-electron chi connectivity index (χ2n) is 3.43. The largest absolute Gasteiger partial charge is 0.270 e. The molecular weight excluding hydrogens is 254 g/mol. The molecule has 0 bridgehead atoms. The average Bonchev–Trinajstić information content (AvgIpc) is 2.38. The Bertz CT molecular complexity index is 600. The summed E-state index contributed by atoms with van der Waals surface area (Å²) in [5, 5.41) is 11.1. The highest BCUT2D eigenvalue weighted by atomic mass is 35.5. The molecule has 0 aliphatic rings. The Balaban J connectivity index is 2.31. The second-order valence-corrected chi connectivity index (χ2v) is 3.84. The van der Waals surface area contributed by atoms with Gasteiger partial charge in [-0.25, -0.2) is 9.97 Å². The summed E-state index contributed by atoms with van der Waals surface area (Å²) in [6, 6.07) is 6.01. The van der Waals surface area contributed by atoms with Gasteiger partial charge >= 0.3 is 0 Å². The quantitative estimate of drug-likeness (QED) is 0.628. The number of benzene rings is 1. The van der Waals surface area contributed by atoms with Crippen LogP contribution in [0.1, 0.15) is 11.3 Å². The Morgan fingerprint density at radius 3 is 2.78 bits per heavy atom. The summed E-state index contributed by atoms with van der Waals surface area (Å²) >= 11 is 5.96. The molecule has 0 unspecified atom stereocenters. The molecule has 0 aliphatic heterocycles. The van der Waals surface area contributed by atoms with Crippen LogP contribution in [-0.2, 0) is 0 Å². The summed E-state index contributed by atoms with van der Waals surface area (Å²) in [5.41, 5.74) is 1.28. The highest BCUT2D eigenvalue weighted by Gasteiger charge is 2.07. The lowest BCUT2D eigenvalue weighted by Crippen LogP contribution is -1.88. The number of hydrogen-bond acceptors (Lipinski definition) is 4. The van der Waals surface area contributed by atoms with E-state index in [1.54, 1.807) is 24.4 Å². The van der Waals surface area contributed by atoms with Crippen LogP contribution < -0.4 is 0 Å². The summed E-state index contributed by atoms with van der Waals surface area (Å²) in [6.45, 7) is 0. The van der Waals surface area contributed by atoms with Crippen molar-refractivity contribution < 1.29 is 4.92 Å². The van der Waals surface area contributed by atoms with Crippen LogP contribution in [0.15, 0.2) is 36.8 Å². The van der Waals surface area contributed by atoms with Gasteiger partial charge in [0.15, 0.2) is 0 Å². The molecule has 1 heterocycles. The molecule has 5 nitrogen and oxygen atoms in total. The summed E-state index contributed by atoms with van der Waals surface area (Å²) < 4.78 is 0. The smallest absolute Gasteiger partial charge is 0.258 e. The number of nitro groups is 1. The van der Waals surface area contributed by atoms with Gasteiger partial charge in [-0.1, -0.05) is 17.7 Å². The van der Waals surface area contributed by atoms with Crippen molar-refractivity contribution in [1.29, 1.82) is 0 Å². The van der Waals surface area contributed by atoms with Crippen LogP contribution in [0.5, 0.6) is 0 Å². The van der Waals surface area contributed by atoms with Crippen molar-refractivity contribution in [2.45, 2.75) is 0 Å². The molecule has 2 rings (SSSR count). The van der Waals surface area contributed by atoms with E-state index in [1.807, 2.05) is 0 Å². The van der Waals surface area contributed by atoms with Crippen LogP contribution >= 0.6 is 11.6 Å². The number of halogens is 1. The summed E-state index contributed by atoms with van der Waals surface area (Å²) in [4.78, 5) is 18.0. The molecular formula is C12H8ClN3O2. The third-order valence-electron chi connectivity index (χ3n) is 2.23. The predicted molar refractivity (Wildman–Crippen MR) is 69.1 cm³/mol. The van der Waals surface area contributed by atoms with Crippen LogP contribution in [-0.4, -0.2) is 14.9 Å². The van der Waals surface area contributed by atoms with Crippen LogP contribution in [0.3, 0.4) is 0 Å².